The lowest BCUT2D eigenvalue weighted by Gasteiger charge is -2.08. The standard InChI is InChI=1S/C11H12O6/c12-5-9(13)6-17-11(16)8-3-1-2-7(4-8)10(14)15/h1-4,9,12-13H,5-6H2,(H,14,15). The van der Waals surface area contributed by atoms with Gasteiger partial charge in [-0.05, 0) is 18.2 Å². The molecule has 0 saturated carbocycles. The molecule has 1 aromatic carbocycles. The quantitative estimate of drug-likeness (QED) is 0.620. The van der Waals surface area contributed by atoms with Crippen LogP contribution in [0.3, 0.4) is 0 Å². The van der Waals surface area contributed by atoms with Gasteiger partial charge in [-0.1, -0.05) is 6.07 Å². The number of aliphatic hydroxyl groups excluding tert-OH is 2. The summed E-state index contributed by atoms with van der Waals surface area (Å²) in [6.07, 6.45) is -1.14. The van der Waals surface area contributed by atoms with Crippen molar-refractivity contribution in [2.75, 3.05) is 13.2 Å². The summed E-state index contributed by atoms with van der Waals surface area (Å²) in [6.45, 7) is -0.852. The van der Waals surface area contributed by atoms with Crippen molar-refractivity contribution in [1.82, 2.24) is 0 Å². The van der Waals surface area contributed by atoms with Crippen molar-refractivity contribution in [1.29, 1.82) is 0 Å². The number of carbonyl (C=O) groups is 2. The van der Waals surface area contributed by atoms with Gasteiger partial charge in [0.2, 0.25) is 0 Å². The van der Waals surface area contributed by atoms with Crippen molar-refractivity contribution in [3.8, 4) is 0 Å². The van der Waals surface area contributed by atoms with Crippen molar-refractivity contribution in [3.05, 3.63) is 35.4 Å². The number of carboxylic acids is 1. The van der Waals surface area contributed by atoms with Crippen molar-refractivity contribution in [3.63, 3.8) is 0 Å². The Morgan fingerprint density at radius 2 is 1.94 bits per heavy atom. The average molecular weight is 240 g/mol. The Kier molecular flexibility index (Phi) is 4.62. The fraction of sp³-hybridized carbons (Fsp3) is 0.273. The summed E-state index contributed by atoms with van der Waals surface area (Å²) in [5, 5.41) is 26.2. The van der Waals surface area contributed by atoms with E-state index in [9.17, 15) is 9.59 Å². The molecule has 0 aliphatic carbocycles. The number of aromatic carboxylic acids is 1. The second-order valence-electron chi connectivity index (χ2n) is 3.32. The third-order valence-corrected chi connectivity index (χ3v) is 1.96. The van der Waals surface area contributed by atoms with Gasteiger partial charge in [0.1, 0.15) is 12.7 Å². The fourth-order valence-corrected chi connectivity index (χ4v) is 1.09. The van der Waals surface area contributed by atoms with E-state index in [4.69, 9.17) is 15.3 Å². The summed E-state index contributed by atoms with van der Waals surface area (Å²) >= 11 is 0. The van der Waals surface area contributed by atoms with E-state index >= 15 is 0 Å². The molecule has 17 heavy (non-hydrogen) atoms. The van der Waals surface area contributed by atoms with E-state index in [0.29, 0.717) is 0 Å². The van der Waals surface area contributed by atoms with E-state index < -0.39 is 24.6 Å². The SMILES string of the molecule is O=C(O)c1cccc(C(=O)OCC(O)CO)c1. The van der Waals surface area contributed by atoms with Crippen LogP contribution in [0.1, 0.15) is 20.7 Å². The van der Waals surface area contributed by atoms with Gasteiger partial charge in [-0.25, -0.2) is 9.59 Å². The molecule has 1 rings (SSSR count). The van der Waals surface area contributed by atoms with Crippen molar-refractivity contribution < 1.29 is 29.6 Å². The number of hydrogen-bond acceptors (Lipinski definition) is 5. The van der Waals surface area contributed by atoms with Gasteiger partial charge in [-0.3, -0.25) is 0 Å². The van der Waals surface area contributed by atoms with E-state index in [1.807, 2.05) is 0 Å². The lowest BCUT2D eigenvalue weighted by molar-refractivity contribution is 0.00933. The zero-order valence-corrected chi connectivity index (χ0v) is 8.87. The Morgan fingerprint density at radius 3 is 2.53 bits per heavy atom. The Hall–Kier alpha value is -1.92. The first-order valence-corrected chi connectivity index (χ1v) is 4.84. The minimum Gasteiger partial charge on any atom is -0.478 e. The molecule has 3 N–H and O–H groups in total. The summed E-state index contributed by atoms with van der Waals surface area (Å²) < 4.78 is 4.67. The average Bonchev–Trinajstić information content (AvgIpc) is 2.35. The second kappa shape index (κ2) is 5.97. The molecule has 0 aliphatic heterocycles. The van der Waals surface area contributed by atoms with E-state index in [2.05, 4.69) is 4.74 Å². The molecule has 1 unspecified atom stereocenters. The molecule has 0 amide bonds. The van der Waals surface area contributed by atoms with Crippen molar-refractivity contribution >= 4 is 11.9 Å². The van der Waals surface area contributed by atoms with Gasteiger partial charge in [-0.15, -0.1) is 0 Å². The Morgan fingerprint density at radius 1 is 1.29 bits per heavy atom. The van der Waals surface area contributed by atoms with Gasteiger partial charge < -0.3 is 20.1 Å². The van der Waals surface area contributed by atoms with Gasteiger partial charge in [-0.2, -0.15) is 0 Å². The molecule has 0 aliphatic rings. The van der Waals surface area contributed by atoms with Crippen LogP contribution >= 0.6 is 0 Å². The van der Waals surface area contributed by atoms with Crippen molar-refractivity contribution in [2.24, 2.45) is 0 Å². The molecule has 1 atom stereocenters. The minimum absolute atomic E-state index is 0.0258. The predicted octanol–water partition coefficient (Wildman–Crippen LogP) is -0.105. The molecule has 0 radical (unpaired) electrons. The van der Waals surface area contributed by atoms with Gasteiger partial charge in [0.15, 0.2) is 0 Å². The smallest absolute Gasteiger partial charge is 0.338 e. The highest BCUT2D eigenvalue weighted by atomic mass is 16.5. The largest absolute Gasteiger partial charge is 0.478 e. The first-order valence-electron chi connectivity index (χ1n) is 4.84. The minimum atomic E-state index is -1.14. The van der Waals surface area contributed by atoms with Crippen LogP contribution in [0.25, 0.3) is 0 Å². The molecule has 92 valence electrons. The van der Waals surface area contributed by atoms with Crippen LogP contribution in [0.15, 0.2) is 24.3 Å². The van der Waals surface area contributed by atoms with Gasteiger partial charge in [0.05, 0.1) is 17.7 Å². The molecule has 6 nitrogen and oxygen atoms in total. The molecular weight excluding hydrogens is 228 g/mol. The van der Waals surface area contributed by atoms with Gasteiger partial charge in [0, 0.05) is 0 Å². The maximum atomic E-state index is 11.4. The number of carboxylic acid groups (broad SMARTS) is 1. The highest BCUT2D eigenvalue weighted by molar-refractivity contribution is 5.94. The molecule has 1 aromatic rings. The Labute approximate surface area is 97.1 Å². The Balaban J connectivity index is 2.69. The van der Waals surface area contributed by atoms with Crippen LogP contribution in [0, 0.1) is 0 Å². The Bertz CT molecular complexity index is 414. The lowest BCUT2D eigenvalue weighted by Crippen LogP contribution is -2.22. The number of benzene rings is 1. The van der Waals surface area contributed by atoms with Crippen LogP contribution in [-0.4, -0.2) is 46.6 Å². The normalized spacial score (nSPS) is 11.9. The van der Waals surface area contributed by atoms with Crippen LogP contribution in [-0.2, 0) is 4.74 Å². The number of hydrogen-bond donors (Lipinski definition) is 3. The summed E-state index contributed by atoms with van der Waals surface area (Å²) in [4.78, 5) is 22.1. The van der Waals surface area contributed by atoms with E-state index in [-0.39, 0.29) is 17.7 Å². The summed E-state index contributed by atoms with van der Waals surface area (Å²) in [6, 6.07) is 5.35. The second-order valence-corrected chi connectivity index (χ2v) is 3.32. The molecule has 6 heteroatoms. The van der Waals surface area contributed by atoms with E-state index in [0.717, 1.165) is 0 Å². The molecule has 0 aromatic heterocycles. The molecule has 0 bridgehead atoms. The summed E-state index contributed by atoms with van der Waals surface area (Å²) in [5.74, 6) is -1.89. The van der Waals surface area contributed by atoms with Crippen LogP contribution in [0.4, 0.5) is 0 Å². The van der Waals surface area contributed by atoms with Gasteiger partial charge >= 0.3 is 11.9 Å². The fourth-order valence-electron chi connectivity index (χ4n) is 1.09. The topological polar surface area (TPSA) is 104 Å². The van der Waals surface area contributed by atoms with Crippen LogP contribution in [0.2, 0.25) is 0 Å². The molecular formula is C11H12O6. The zero-order valence-electron chi connectivity index (χ0n) is 8.87. The maximum Gasteiger partial charge on any atom is 0.338 e. The number of aliphatic hydroxyl groups is 2. The molecule has 0 spiro atoms. The number of carbonyl (C=O) groups excluding carboxylic acids is 1. The number of ether oxygens (including phenoxy) is 1. The van der Waals surface area contributed by atoms with Gasteiger partial charge in [0.25, 0.3) is 0 Å². The molecule has 0 saturated heterocycles. The zero-order chi connectivity index (χ0) is 12.8. The van der Waals surface area contributed by atoms with Crippen molar-refractivity contribution in [2.45, 2.75) is 6.10 Å². The lowest BCUT2D eigenvalue weighted by atomic mass is 10.1. The third kappa shape index (κ3) is 3.86. The molecule has 0 fully saturated rings. The third-order valence-electron chi connectivity index (χ3n) is 1.96. The van der Waals surface area contributed by atoms with E-state index in [1.165, 1.54) is 24.3 Å². The predicted molar refractivity (Wildman–Crippen MR) is 56.8 cm³/mol. The highest BCUT2D eigenvalue weighted by Crippen LogP contribution is 2.07. The summed E-state index contributed by atoms with van der Waals surface area (Å²) in [7, 11) is 0. The summed E-state index contributed by atoms with van der Waals surface area (Å²) in [5.41, 5.74) is 0.0530. The molecule has 0 heterocycles. The highest BCUT2D eigenvalue weighted by Gasteiger charge is 2.12. The van der Waals surface area contributed by atoms with Crippen LogP contribution < -0.4 is 0 Å². The number of rotatable bonds is 5. The maximum absolute atomic E-state index is 11.4. The monoisotopic (exact) mass is 240 g/mol. The number of esters is 1. The first-order chi connectivity index (χ1) is 8.04. The van der Waals surface area contributed by atoms with E-state index in [1.54, 1.807) is 0 Å². The van der Waals surface area contributed by atoms with Crippen LogP contribution in [0.5, 0.6) is 0 Å². The first kappa shape index (κ1) is 13.1.